The highest BCUT2D eigenvalue weighted by Gasteiger charge is 2.27. The van der Waals surface area contributed by atoms with Crippen molar-refractivity contribution in [2.24, 2.45) is 11.5 Å². The van der Waals surface area contributed by atoms with Crippen molar-refractivity contribution in [3.05, 3.63) is 0 Å². The summed E-state index contributed by atoms with van der Waals surface area (Å²) in [5.74, 6) is -0.444. The monoisotopic (exact) mass is 228 g/mol. The molecule has 0 spiro atoms. The largest absolute Gasteiger partial charge is 0.368 e. The Bertz CT molecular complexity index is 236. The SMILES string of the molecule is CN(CCN1CCCC1)CC(C)(N)C(N)=O. The van der Waals surface area contributed by atoms with Gasteiger partial charge in [-0.25, -0.2) is 0 Å². The van der Waals surface area contributed by atoms with E-state index in [2.05, 4.69) is 9.80 Å². The Labute approximate surface area is 97.7 Å². The van der Waals surface area contributed by atoms with Gasteiger partial charge in [-0.2, -0.15) is 0 Å². The van der Waals surface area contributed by atoms with Gasteiger partial charge in [-0.05, 0) is 39.9 Å². The molecule has 0 aliphatic carbocycles. The Morgan fingerprint density at radius 1 is 1.44 bits per heavy atom. The molecule has 0 saturated carbocycles. The van der Waals surface area contributed by atoms with E-state index in [1.54, 1.807) is 6.92 Å². The van der Waals surface area contributed by atoms with E-state index >= 15 is 0 Å². The van der Waals surface area contributed by atoms with Gasteiger partial charge < -0.3 is 21.3 Å². The Morgan fingerprint density at radius 2 is 2.00 bits per heavy atom. The average molecular weight is 228 g/mol. The molecule has 1 amide bonds. The molecule has 16 heavy (non-hydrogen) atoms. The van der Waals surface area contributed by atoms with Crippen molar-refractivity contribution in [3.63, 3.8) is 0 Å². The average Bonchev–Trinajstić information content (AvgIpc) is 2.66. The summed E-state index contributed by atoms with van der Waals surface area (Å²) in [4.78, 5) is 15.6. The number of primary amides is 1. The van der Waals surface area contributed by atoms with E-state index in [9.17, 15) is 4.79 Å². The van der Waals surface area contributed by atoms with E-state index in [-0.39, 0.29) is 0 Å². The summed E-state index contributed by atoms with van der Waals surface area (Å²) in [5.41, 5.74) is 10.1. The van der Waals surface area contributed by atoms with E-state index in [4.69, 9.17) is 11.5 Å². The van der Waals surface area contributed by atoms with E-state index in [0.717, 1.165) is 13.1 Å². The molecule has 94 valence electrons. The van der Waals surface area contributed by atoms with Crippen molar-refractivity contribution in [1.29, 1.82) is 0 Å². The second kappa shape index (κ2) is 5.61. The van der Waals surface area contributed by atoms with Crippen LogP contribution in [0.5, 0.6) is 0 Å². The van der Waals surface area contributed by atoms with Crippen molar-refractivity contribution >= 4 is 5.91 Å². The van der Waals surface area contributed by atoms with Crippen LogP contribution in [0.4, 0.5) is 0 Å². The highest BCUT2D eigenvalue weighted by Crippen LogP contribution is 2.07. The summed E-state index contributed by atoms with van der Waals surface area (Å²) in [7, 11) is 1.98. The Morgan fingerprint density at radius 3 is 2.50 bits per heavy atom. The molecule has 4 N–H and O–H groups in total. The molecule has 5 heteroatoms. The Kier molecular flexibility index (Phi) is 4.70. The third-order valence-electron chi connectivity index (χ3n) is 3.16. The van der Waals surface area contributed by atoms with Crippen molar-refractivity contribution < 1.29 is 4.79 Å². The maximum atomic E-state index is 11.1. The number of amides is 1. The van der Waals surface area contributed by atoms with Crippen LogP contribution < -0.4 is 11.5 Å². The Hall–Kier alpha value is -0.650. The number of likely N-dealkylation sites (N-methyl/N-ethyl adjacent to an activating group) is 1. The fourth-order valence-corrected chi connectivity index (χ4v) is 2.04. The van der Waals surface area contributed by atoms with Crippen LogP contribution in [0.25, 0.3) is 0 Å². The Balaban J connectivity index is 2.24. The van der Waals surface area contributed by atoms with Gasteiger partial charge in [0.2, 0.25) is 5.91 Å². The molecule has 1 saturated heterocycles. The maximum Gasteiger partial charge on any atom is 0.238 e. The van der Waals surface area contributed by atoms with Crippen LogP contribution in [0.3, 0.4) is 0 Å². The first-order valence-electron chi connectivity index (χ1n) is 5.91. The third-order valence-corrected chi connectivity index (χ3v) is 3.16. The van der Waals surface area contributed by atoms with Crippen molar-refractivity contribution in [1.82, 2.24) is 9.80 Å². The number of carbonyl (C=O) groups is 1. The lowest BCUT2D eigenvalue weighted by Gasteiger charge is -2.28. The first-order chi connectivity index (χ1) is 7.42. The van der Waals surface area contributed by atoms with Crippen LogP contribution in [0.15, 0.2) is 0 Å². The van der Waals surface area contributed by atoms with Crippen LogP contribution in [-0.4, -0.2) is 61.0 Å². The predicted octanol–water partition coefficient (Wildman–Crippen LogP) is -0.783. The zero-order valence-corrected chi connectivity index (χ0v) is 10.4. The highest BCUT2D eigenvalue weighted by atomic mass is 16.1. The normalized spacial score (nSPS) is 21.2. The molecule has 0 aromatic rings. The van der Waals surface area contributed by atoms with Crippen molar-refractivity contribution in [3.8, 4) is 0 Å². The standard InChI is InChI=1S/C11H24N4O/c1-11(13,10(12)16)9-14(2)7-8-15-5-3-4-6-15/h3-9,13H2,1-2H3,(H2,12,16). The van der Waals surface area contributed by atoms with Gasteiger partial charge in [0.05, 0.1) is 0 Å². The molecule has 1 fully saturated rings. The number of carbonyl (C=O) groups excluding carboxylic acids is 1. The first kappa shape index (κ1) is 13.4. The minimum Gasteiger partial charge on any atom is -0.368 e. The quantitative estimate of drug-likeness (QED) is 0.625. The number of hydrogen-bond donors (Lipinski definition) is 2. The number of nitrogens with two attached hydrogens (primary N) is 2. The zero-order chi connectivity index (χ0) is 12.2. The summed E-state index contributed by atoms with van der Waals surface area (Å²) in [6.45, 7) is 6.57. The van der Waals surface area contributed by atoms with E-state index < -0.39 is 11.4 Å². The molecule has 1 aliphatic rings. The van der Waals surface area contributed by atoms with Gasteiger partial charge in [-0.1, -0.05) is 0 Å². The molecule has 5 nitrogen and oxygen atoms in total. The molecule has 0 aromatic carbocycles. The zero-order valence-electron chi connectivity index (χ0n) is 10.4. The third kappa shape index (κ3) is 4.08. The molecule has 0 radical (unpaired) electrons. The first-order valence-corrected chi connectivity index (χ1v) is 5.91. The summed E-state index contributed by atoms with van der Waals surface area (Å²) < 4.78 is 0. The number of likely N-dealkylation sites (tertiary alicyclic amines) is 1. The molecule has 0 aromatic heterocycles. The maximum absolute atomic E-state index is 11.1. The molecule has 1 heterocycles. The van der Waals surface area contributed by atoms with E-state index in [1.165, 1.54) is 25.9 Å². The second-order valence-corrected chi connectivity index (χ2v) is 5.07. The molecule has 0 bridgehead atoms. The topological polar surface area (TPSA) is 75.6 Å². The van der Waals surface area contributed by atoms with Gasteiger partial charge in [-0.3, -0.25) is 4.79 Å². The highest BCUT2D eigenvalue weighted by molar-refractivity contribution is 5.84. The van der Waals surface area contributed by atoms with Crippen LogP contribution in [0.1, 0.15) is 19.8 Å². The van der Waals surface area contributed by atoms with Crippen LogP contribution >= 0.6 is 0 Å². The molecule has 1 rings (SSSR count). The minimum absolute atomic E-state index is 0.444. The summed E-state index contributed by atoms with van der Waals surface area (Å²) in [6, 6.07) is 0. The molecular formula is C11H24N4O. The van der Waals surface area contributed by atoms with Crippen LogP contribution in [0, 0.1) is 0 Å². The lowest BCUT2D eigenvalue weighted by Crippen LogP contribution is -2.56. The van der Waals surface area contributed by atoms with Gasteiger partial charge in [0.1, 0.15) is 5.54 Å². The molecular weight excluding hydrogens is 204 g/mol. The van der Waals surface area contributed by atoms with Gasteiger partial charge in [0.25, 0.3) is 0 Å². The van der Waals surface area contributed by atoms with E-state index in [0.29, 0.717) is 6.54 Å². The predicted molar refractivity (Wildman–Crippen MR) is 65.0 cm³/mol. The van der Waals surface area contributed by atoms with Gasteiger partial charge >= 0.3 is 0 Å². The van der Waals surface area contributed by atoms with Crippen molar-refractivity contribution in [2.45, 2.75) is 25.3 Å². The fourth-order valence-electron chi connectivity index (χ4n) is 2.04. The van der Waals surface area contributed by atoms with Gasteiger partial charge in [0.15, 0.2) is 0 Å². The lowest BCUT2D eigenvalue weighted by molar-refractivity contribution is -0.123. The molecule has 1 unspecified atom stereocenters. The number of nitrogens with zero attached hydrogens (tertiary/aromatic N) is 2. The van der Waals surface area contributed by atoms with E-state index in [1.807, 2.05) is 7.05 Å². The summed E-state index contributed by atoms with van der Waals surface area (Å²) in [6.07, 6.45) is 2.61. The number of rotatable bonds is 6. The van der Waals surface area contributed by atoms with Crippen molar-refractivity contribution in [2.75, 3.05) is 39.8 Å². The molecule has 1 aliphatic heterocycles. The summed E-state index contributed by atoms with van der Waals surface area (Å²) >= 11 is 0. The number of hydrogen-bond acceptors (Lipinski definition) is 4. The smallest absolute Gasteiger partial charge is 0.238 e. The molecule has 1 atom stereocenters. The van der Waals surface area contributed by atoms with Crippen LogP contribution in [-0.2, 0) is 4.79 Å². The van der Waals surface area contributed by atoms with Gasteiger partial charge in [-0.15, -0.1) is 0 Å². The van der Waals surface area contributed by atoms with Crippen LogP contribution in [0.2, 0.25) is 0 Å². The lowest BCUT2D eigenvalue weighted by atomic mass is 10.0. The minimum atomic E-state index is -0.931. The summed E-state index contributed by atoms with van der Waals surface area (Å²) in [5, 5.41) is 0. The van der Waals surface area contributed by atoms with Gasteiger partial charge in [0, 0.05) is 19.6 Å². The fraction of sp³-hybridized carbons (Fsp3) is 0.909. The second-order valence-electron chi connectivity index (χ2n) is 5.07.